The number of hydrogen-bond acceptors (Lipinski definition) is 3. The van der Waals surface area contributed by atoms with Gasteiger partial charge in [0.2, 0.25) is 0 Å². The molecule has 0 aromatic heterocycles. The van der Waals surface area contributed by atoms with E-state index in [9.17, 15) is 4.79 Å². The maximum absolute atomic E-state index is 11.0. The fourth-order valence-electron chi connectivity index (χ4n) is 1.24. The van der Waals surface area contributed by atoms with Crippen LogP contribution in [0.2, 0.25) is 0 Å². The molecule has 0 aliphatic carbocycles. The molecule has 0 heterocycles. The van der Waals surface area contributed by atoms with Gasteiger partial charge in [0.05, 0.1) is 19.2 Å². The highest BCUT2D eigenvalue weighted by Gasteiger charge is 2.07. The van der Waals surface area contributed by atoms with Crippen LogP contribution in [0.25, 0.3) is 0 Å². The zero-order chi connectivity index (χ0) is 11.3. The van der Waals surface area contributed by atoms with Gasteiger partial charge in [-0.1, -0.05) is 12.1 Å². The monoisotopic (exact) mass is 271 g/mol. The average Bonchev–Trinajstić information content (AvgIpc) is 2.26. The first-order chi connectivity index (χ1) is 7.15. The summed E-state index contributed by atoms with van der Waals surface area (Å²) >= 11 is 3.46. The largest absolute Gasteiger partial charge is 0.469 e. The molecule has 0 saturated carbocycles. The van der Waals surface area contributed by atoms with Crippen LogP contribution in [0.3, 0.4) is 0 Å². The number of carbonyl (C=O) groups is 1. The van der Waals surface area contributed by atoms with Gasteiger partial charge in [0.1, 0.15) is 0 Å². The number of halogens is 1. The van der Waals surface area contributed by atoms with Gasteiger partial charge in [-0.3, -0.25) is 4.79 Å². The van der Waals surface area contributed by atoms with Gasteiger partial charge in [0.15, 0.2) is 0 Å². The van der Waals surface area contributed by atoms with E-state index in [2.05, 4.69) is 20.7 Å². The fraction of sp³-hybridized carbons (Fsp3) is 0.364. The van der Waals surface area contributed by atoms with Gasteiger partial charge in [-0.2, -0.15) is 0 Å². The predicted octanol–water partition coefficient (Wildman–Crippen LogP) is 2.45. The van der Waals surface area contributed by atoms with Crippen molar-refractivity contribution in [2.75, 3.05) is 25.6 Å². The molecule has 82 valence electrons. The van der Waals surface area contributed by atoms with Crippen molar-refractivity contribution in [3.05, 3.63) is 28.7 Å². The first-order valence-electron chi connectivity index (χ1n) is 4.67. The van der Waals surface area contributed by atoms with Crippen molar-refractivity contribution >= 4 is 27.6 Å². The molecule has 1 rings (SSSR count). The van der Waals surface area contributed by atoms with Crippen LogP contribution < -0.4 is 4.90 Å². The van der Waals surface area contributed by atoms with E-state index in [1.165, 1.54) is 7.11 Å². The lowest BCUT2D eigenvalue weighted by Crippen LogP contribution is -2.21. The van der Waals surface area contributed by atoms with Crippen LogP contribution in [-0.4, -0.2) is 26.7 Å². The zero-order valence-electron chi connectivity index (χ0n) is 8.87. The van der Waals surface area contributed by atoms with Crippen LogP contribution in [0.5, 0.6) is 0 Å². The van der Waals surface area contributed by atoms with Crippen molar-refractivity contribution in [2.45, 2.75) is 6.42 Å². The topological polar surface area (TPSA) is 29.5 Å². The predicted molar refractivity (Wildman–Crippen MR) is 64.0 cm³/mol. The number of ether oxygens (including phenoxy) is 1. The molecule has 15 heavy (non-hydrogen) atoms. The summed E-state index contributed by atoms with van der Waals surface area (Å²) in [6.45, 7) is 0.648. The standard InChI is InChI=1S/C11H14BrNO2/c1-13(8-7-11(14)15-2)10-6-4-3-5-9(10)12/h3-6H,7-8H2,1-2H3. The van der Waals surface area contributed by atoms with Gasteiger partial charge in [0.25, 0.3) is 0 Å². The van der Waals surface area contributed by atoms with Crippen molar-refractivity contribution in [3.63, 3.8) is 0 Å². The summed E-state index contributed by atoms with van der Waals surface area (Å²) in [5.41, 5.74) is 1.07. The normalized spacial score (nSPS) is 9.80. The SMILES string of the molecule is COC(=O)CCN(C)c1ccccc1Br. The molecule has 0 unspecified atom stereocenters. The van der Waals surface area contributed by atoms with E-state index >= 15 is 0 Å². The second-order valence-electron chi connectivity index (χ2n) is 3.20. The van der Waals surface area contributed by atoms with Crippen LogP contribution >= 0.6 is 15.9 Å². The van der Waals surface area contributed by atoms with E-state index in [0.717, 1.165) is 10.2 Å². The van der Waals surface area contributed by atoms with Crippen LogP contribution in [0.1, 0.15) is 6.42 Å². The van der Waals surface area contributed by atoms with E-state index in [4.69, 9.17) is 0 Å². The molecule has 0 aliphatic rings. The number of methoxy groups -OCH3 is 1. The summed E-state index contributed by atoms with van der Waals surface area (Å²) in [7, 11) is 3.35. The molecule has 3 nitrogen and oxygen atoms in total. The highest BCUT2D eigenvalue weighted by atomic mass is 79.9. The minimum atomic E-state index is -0.186. The first kappa shape index (κ1) is 12.0. The molecule has 0 spiro atoms. The molecule has 0 radical (unpaired) electrons. The third-order valence-electron chi connectivity index (χ3n) is 2.14. The van der Waals surface area contributed by atoms with E-state index in [1.54, 1.807) is 0 Å². The molecule has 0 aliphatic heterocycles. The Bertz CT molecular complexity index is 341. The van der Waals surface area contributed by atoms with Crippen molar-refractivity contribution < 1.29 is 9.53 Å². The molecule has 1 aromatic rings. The summed E-state index contributed by atoms with van der Waals surface area (Å²) in [6, 6.07) is 7.90. The van der Waals surface area contributed by atoms with Crippen molar-refractivity contribution in [3.8, 4) is 0 Å². The lowest BCUT2D eigenvalue weighted by molar-refractivity contribution is -0.140. The minimum Gasteiger partial charge on any atom is -0.469 e. The number of esters is 1. The molecule has 0 fully saturated rings. The van der Waals surface area contributed by atoms with E-state index in [-0.39, 0.29) is 5.97 Å². The Morgan fingerprint density at radius 2 is 2.13 bits per heavy atom. The van der Waals surface area contributed by atoms with Gasteiger partial charge in [-0.05, 0) is 28.1 Å². The molecule has 0 amide bonds. The summed E-state index contributed by atoms with van der Waals surface area (Å²) in [5, 5.41) is 0. The molecule has 1 aromatic carbocycles. The Balaban J connectivity index is 2.57. The zero-order valence-corrected chi connectivity index (χ0v) is 10.5. The molecule has 0 bridgehead atoms. The second kappa shape index (κ2) is 5.75. The smallest absolute Gasteiger partial charge is 0.307 e. The molecule has 0 N–H and O–H groups in total. The maximum Gasteiger partial charge on any atom is 0.307 e. The molecule has 0 atom stereocenters. The van der Waals surface area contributed by atoms with E-state index < -0.39 is 0 Å². The van der Waals surface area contributed by atoms with Crippen LogP contribution in [0.15, 0.2) is 28.7 Å². The van der Waals surface area contributed by atoms with Gasteiger partial charge in [0, 0.05) is 18.1 Å². The van der Waals surface area contributed by atoms with Gasteiger partial charge >= 0.3 is 5.97 Å². The number of rotatable bonds is 4. The number of nitrogens with zero attached hydrogens (tertiary/aromatic N) is 1. The average molecular weight is 272 g/mol. The number of hydrogen-bond donors (Lipinski definition) is 0. The summed E-state index contributed by atoms with van der Waals surface area (Å²) < 4.78 is 5.61. The number of benzene rings is 1. The van der Waals surface area contributed by atoms with Crippen molar-refractivity contribution in [1.29, 1.82) is 0 Å². The van der Waals surface area contributed by atoms with Crippen LogP contribution in [0, 0.1) is 0 Å². The molecular formula is C11H14BrNO2. The molecule has 4 heteroatoms. The molecular weight excluding hydrogens is 258 g/mol. The van der Waals surface area contributed by atoms with Gasteiger partial charge < -0.3 is 9.64 Å². The minimum absolute atomic E-state index is 0.186. The van der Waals surface area contributed by atoms with E-state index in [1.807, 2.05) is 36.2 Å². The lowest BCUT2D eigenvalue weighted by atomic mass is 10.3. The van der Waals surface area contributed by atoms with Crippen LogP contribution in [0.4, 0.5) is 5.69 Å². The number of anilines is 1. The number of carbonyl (C=O) groups excluding carboxylic acids is 1. The van der Waals surface area contributed by atoms with Gasteiger partial charge in [-0.15, -0.1) is 0 Å². The third-order valence-corrected chi connectivity index (χ3v) is 2.81. The second-order valence-corrected chi connectivity index (χ2v) is 4.05. The summed E-state index contributed by atoms with van der Waals surface area (Å²) in [6.07, 6.45) is 0.397. The van der Waals surface area contributed by atoms with E-state index in [0.29, 0.717) is 13.0 Å². The maximum atomic E-state index is 11.0. The summed E-state index contributed by atoms with van der Waals surface area (Å²) in [5.74, 6) is -0.186. The Kier molecular flexibility index (Phi) is 4.62. The Labute approximate surface area is 98.2 Å². The molecule has 0 saturated heterocycles. The highest BCUT2D eigenvalue weighted by molar-refractivity contribution is 9.10. The number of para-hydroxylation sites is 1. The lowest BCUT2D eigenvalue weighted by Gasteiger charge is -2.19. The van der Waals surface area contributed by atoms with Gasteiger partial charge in [-0.25, -0.2) is 0 Å². The third kappa shape index (κ3) is 3.55. The summed E-state index contributed by atoms with van der Waals surface area (Å²) in [4.78, 5) is 13.0. The van der Waals surface area contributed by atoms with Crippen LogP contribution in [-0.2, 0) is 9.53 Å². The first-order valence-corrected chi connectivity index (χ1v) is 5.47. The Morgan fingerprint density at radius 1 is 1.47 bits per heavy atom. The van der Waals surface area contributed by atoms with Crippen molar-refractivity contribution in [2.24, 2.45) is 0 Å². The van der Waals surface area contributed by atoms with Crippen molar-refractivity contribution in [1.82, 2.24) is 0 Å². The fourth-order valence-corrected chi connectivity index (χ4v) is 1.83. The quantitative estimate of drug-likeness (QED) is 0.788. The Morgan fingerprint density at radius 3 is 2.73 bits per heavy atom. The Hall–Kier alpha value is -1.03. The highest BCUT2D eigenvalue weighted by Crippen LogP contribution is 2.24.